The summed E-state index contributed by atoms with van der Waals surface area (Å²) in [6.45, 7) is 0.555. The number of ether oxygens (including phenoxy) is 2. The smallest absolute Gasteiger partial charge is 0.416 e. The molecule has 4 nitrogen and oxygen atoms in total. The normalized spacial score (nSPS) is 22.2. The minimum Gasteiger partial charge on any atom is -0.497 e. The van der Waals surface area contributed by atoms with Crippen molar-refractivity contribution < 1.29 is 18.7 Å². The first kappa shape index (κ1) is 15.7. The highest BCUT2D eigenvalue weighted by atomic mass is 19.1. The average Bonchev–Trinajstić information content (AvgIpc) is 3.08. The quantitative estimate of drug-likeness (QED) is 0.836. The molecule has 5 heteroatoms. The number of carbonyl (C=O) groups is 1. The fourth-order valence-corrected chi connectivity index (χ4v) is 3.71. The number of benzene rings is 2. The van der Waals surface area contributed by atoms with Crippen molar-refractivity contribution in [1.82, 2.24) is 4.90 Å². The summed E-state index contributed by atoms with van der Waals surface area (Å²) in [5.41, 5.74) is 0.474. The second kappa shape index (κ2) is 5.92. The van der Waals surface area contributed by atoms with Gasteiger partial charge in [0.1, 0.15) is 17.3 Å². The van der Waals surface area contributed by atoms with Gasteiger partial charge in [0, 0.05) is 17.7 Å². The van der Waals surface area contributed by atoms with E-state index in [0.717, 1.165) is 17.7 Å². The molecule has 25 heavy (non-hydrogen) atoms. The van der Waals surface area contributed by atoms with Gasteiger partial charge in [-0.05, 0) is 49.2 Å². The number of cyclic esters (lactones) is 1. The summed E-state index contributed by atoms with van der Waals surface area (Å²) in [5.74, 6) is 0.862. The molecule has 0 spiro atoms. The highest BCUT2D eigenvalue weighted by Crippen LogP contribution is 2.46. The first-order valence-corrected chi connectivity index (χ1v) is 8.26. The molecular weight excluding hydrogens is 321 g/mol. The fourth-order valence-electron chi connectivity index (χ4n) is 3.71. The Labute approximate surface area is 145 Å². The molecule has 0 radical (unpaired) electrons. The Kier molecular flexibility index (Phi) is 3.71. The maximum absolute atomic E-state index is 14.5. The van der Waals surface area contributed by atoms with Crippen LogP contribution in [-0.4, -0.2) is 24.6 Å². The molecule has 0 aromatic heterocycles. The van der Waals surface area contributed by atoms with Gasteiger partial charge in [0.2, 0.25) is 0 Å². The van der Waals surface area contributed by atoms with Crippen molar-refractivity contribution >= 4 is 11.9 Å². The summed E-state index contributed by atoms with van der Waals surface area (Å²) in [5, 5.41) is 0. The summed E-state index contributed by atoms with van der Waals surface area (Å²) in [7, 11) is 1.60. The van der Waals surface area contributed by atoms with Crippen LogP contribution in [0.2, 0.25) is 0 Å². The van der Waals surface area contributed by atoms with Crippen LogP contribution in [0.1, 0.15) is 24.0 Å². The second-order valence-corrected chi connectivity index (χ2v) is 6.26. The zero-order valence-corrected chi connectivity index (χ0v) is 13.9. The molecular formula is C20H18FNO3. The number of hydrogen-bond acceptors (Lipinski definition) is 3. The fraction of sp³-hybridized carbons (Fsp3) is 0.250. The lowest BCUT2D eigenvalue weighted by Gasteiger charge is -2.39. The summed E-state index contributed by atoms with van der Waals surface area (Å²) in [6.07, 6.45) is 2.91. The molecule has 1 saturated heterocycles. The monoisotopic (exact) mass is 339 g/mol. The number of methoxy groups -OCH3 is 1. The molecule has 0 unspecified atom stereocenters. The maximum atomic E-state index is 14.5. The van der Waals surface area contributed by atoms with Crippen molar-refractivity contribution in [2.75, 3.05) is 13.7 Å². The van der Waals surface area contributed by atoms with Gasteiger partial charge < -0.3 is 9.47 Å². The third kappa shape index (κ3) is 2.47. The highest BCUT2D eigenvalue weighted by molar-refractivity contribution is 5.82. The predicted octanol–water partition coefficient (Wildman–Crippen LogP) is 4.32. The average molecular weight is 339 g/mol. The van der Waals surface area contributed by atoms with Crippen molar-refractivity contribution in [3.8, 4) is 5.75 Å². The molecule has 0 bridgehead atoms. The van der Waals surface area contributed by atoms with E-state index < -0.39 is 11.6 Å². The molecule has 2 aliphatic rings. The van der Waals surface area contributed by atoms with Crippen LogP contribution < -0.4 is 4.74 Å². The Bertz CT molecular complexity index is 846. The minimum absolute atomic E-state index is 0.311. The Morgan fingerprint density at radius 3 is 2.64 bits per heavy atom. The van der Waals surface area contributed by atoms with Crippen LogP contribution in [-0.2, 0) is 10.3 Å². The largest absolute Gasteiger partial charge is 0.497 e. The van der Waals surface area contributed by atoms with Crippen molar-refractivity contribution in [3.05, 3.63) is 71.6 Å². The molecule has 1 amide bonds. The van der Waals surface area contributed by atoms with Crippen LogP contribution in [0.25, 0.3) is 5.76 Å². The van der Waals surface area contributed by atoms with Crippen molar-refractivity contribution in [1.29, 1.82) is 0 Å². The van der Waals surface area contributed by atoms with Gasteiger partial charge in [-0.15, -0.1) is 0 Å². The van der Waals surface area contributed by atoms with Gasteiger partial charge in [0.05, 0.1) is 12.6 Å². The minimum atomic E-state index is -0.796. The van der Waals surface area contributed by atoms with Crippen LogP contribution in [0.15, 0.2) is 54.6 Å². The SMILES string of the molecule is COc1ccc(C2=C[C@]3(c4ccccc4F)CCCN3C(=O)O2)cc1. The molecule has 4 rings (SSSR count). The van der Waals surface area contributed by atoms with Gasteiger partial charge >= 0.3 is 6.09 Å². The summed E-state index contributed by atoms with van der Waals surface area (Å²) in [6, 6.07) is 13.9. The molecule has 128 valence electrons. The summed E-state index contributed by atoms with van der Waals surface area (Å²) in [4.78, 5) is 14.2. The van der Waals surface area contributed by atoms with Gasteiger partial charge in [-0.25, -0.2) is 9.18 Å². The number of rotatable bonds is 3. The van der Waals surface area contributed by atoms with Crippen LogP contribution in [0.3, 0.4) is 0 Å². The van der Waals surface area contributed by atoms with Crippen LogP contribution >= 0.6 is 0 Å². The van der Waals surface area contributed by atoms with E-state index in [4.69, 9.17) is 9.47 Å². The van der Waals surface area contributed by atoms with E-state index in [1.807, 2.05) is 18.2 Å². The van der Waals surface area contributed by atoms with Crippen LogP contribution in [0.4, 0.5) is 9.18 Å². The predicted molar refractivity (Wildman–Crippen MR) is 91.5 cm³/mol. The Morgan fingerprint density at radius 2 is 1.92 bits per heavy atom. The summed E-state index contributed by atoms with van der Waals surface area (Å²) >= 11 is 0. The van der Waals surface area contributed by atoms with Crippen molar-refractivity contribution in [2.24, 2.45) is 0 Å². The zero-order chi connectivity index (χ0) is 17.4. The van der Waals surface area contributed by atoms with E-state index in [2.05, 4.69) is 0 Å². The topological polar surface area (TPSA) is 38.8 Å². The number of carbonyl (C=O) groups excluding carboxylic acids is 1. The van der Waals surface area contributed by atoms with Crippen molar-refractivity contribution in [2.45, 2.75) is 18.4 Å². The van der Waals surface area contributed by atoms with Gasteiger partial charge in [0.15, 0.2) is 0 Å². The molecule has 2 aliphatic heterocycles. The van der Waals surface area contributed by atoms with E-state index in [1.54, 1.807) is 42.3 Å². The van der Waals surface area contributed by atoms with Gasteiger partial charge in [-0.2, -0.15) is 0 Å². The van der Waals surface area contributed by atoms with E-state index in [9.17, 15) is 9.18 Å². The first-order chi connectivity index (χ1) is 12.1. The number of amides is 1. The molecule has 0 aliphatic carbocycles. The maximum Gasteiger partial charge on any atom is 0.416 e. The van der Waals surface area contributed by atoms with Crippen LogP contribution in [0.5, 0.6) is 5.75 Å². The summed E-state index contributed by atoms with van der Waals surface area (Å²) < 4.78 is 25.2. The van der Waals surface area contributed by atoms with Crippen LogP contribution in [0, 0.1) is 5.82 Å². The third-order valence-corrected chi connectivity index (χ3v) is 4.92. The van der Waals surface area contributed by atoms with E-state index >= 15 is 0 Å². The standard InChI is InChI=1S/C20H18FNO3/c1-24-15-9-7-14(8-10-15)18-13-20(16-5-2-3-6-17(16)21)11-4-12-22(20)19(23)25-18/h2-3,5-10,13H,4,11-12H2,1H3/t20-/m0/s1. The van der Waals surface area contributed by atoms with E-state index in [0.29, 0.717) is 24.3 Å². The molecule has 0 N–H and O–H groups in total. The number of hydrogen-bond donors (Lipinski definition) is 0. The van der Waals surface area contributed by atoms with Gasteiger partial charge in [-0.1, -0.05) is 18.2 Å². The molecule has 1 fully saturated rings. The molecule has 1 atom stereocenters. The Balaban J connectivity index is 1.85. The van der Waals surface area contributed by atoms with E-state index in [-0.39, 0.29) is 5.82 Å². The van der Waals surface area contributed by atoms with Crippen molar-refractivity contribution in [3.63, 3.8) is 0 Å². The molecule has 2 heterocycles. The lowest BCUT2D eigenvalue weighted by Crippen LogP contribution is -2.47. The second-order valence-electron chi connectivity index (χ2n) is 6.26. The number of nitrogens with zero attached hydrogens (tertiary/aromatic N) is 1. The molecule has 0 saturated carbocycles. The lowest BCUT2D eigenvalue weighted by atomic mass is 9.85. The van der Waals surface area contributed by atoms with Gasteiger partial charge in [-0.3, -0.25) is 4.90 Å². The molecule has 2 aromatic carbocycles. The van der Waals surface area contributed by atoms with E-state index in [1.165, 1.54) is 6.07 Å². The number of halogens is 1. The first-order valence-electron chi connectivity index (χ1n) is 8.26. The third-order valence-electron chi connectivity index (χ3n) is 4.92. The zero-order valence-electron chi connectivity index (χ0n) is 13.9. The lowest BCUT2D eigenvalue weighted by molar-refractivity contribution is 0.105. The van der Waals surface area contributed by atoms with Gasteiger partial charge in [0.25, 0.3) is 0 Å². The number of fused-ring (bicyclic) bond motifs is 1. The highest BCUT2D eigenvalue weighted by Gasteiger charge is 2.49. The Hall–Kier alpha value is -2.82. The molecule has 2 aromatic rings. The Morgan fingerprint density at radius 1 is 1.16 bits per heavy atom.